The number of ether oxygens (including phenoxy) is 1. The van der Waals surface area contributed by atoms with Crippen LogP contribution in [0.3, 0.4) is 0 Å². The molecule has 2 amide bonds. The molecule has 1 fully saturated rings. The molecular formula is C15H16ClN3O2S. The first-order chi connectivity index (χ1) is 10.6. The van der Waals surface area contributed by atoms with Crippen LogP contribution in [0.1, 0.15) is 23.7 Å². The minimum absolute atomic E-state index is 0.0693. The first-order valence-electron chi connectivity index (χ1n) is 6.98. The summed E-state index contributed by atoms with van der Waals surface area (Å²) in [6.07, 6.45) is 4.08. The number of carbonyl (C=O) groups is 1. The van der Waals surface area contributed by atoms with Gasteiger partial charge in [-0.3, -0.25) is 4.98 Å². The van der Waals surface area contributed by atoms with E-state index in [9.17, 15) is 4.79 Å². The Kier molecular flexibility index (Phi) is 4.61. The molecule has 0 radical (unpaired) electrons. The molecule has 22 heavy (non-hydrogen) atoms. The fourth-order valence-electron chi connectivity index (χ4n) is 2.50. The number of thiophene rings is 1. The van der Waals surface area contributed by atoms with Gasteiger partial charge in [-0.15, -0.1) is 11.3 Å². The third-order valence-electron chi connectivity index (χ3n) is 3.61. The maximum Gasteiger partial charge on any atom is 0.319 e. The Hall–Kier alpha value is -1.63. The highest BCUT2D eigenvalue weighted by molar-refractivity contribution is 7.15. The van der Waals surface area contributed by atoms with E-state index >= 15 is 0 Å². The summed E-state index contributed by atoms with van der Waals surface area (Å²) in [5.41, 5.74) is 2.64. The van der Waals surface area contributed by atoms with Crippen LogP contribution < -0.4 is 10.6 Å². The summed E-state index contributed by atoms with van der Waals surface area (Å²) in [6.45, 7) is 2.53. The van der Waals surface area contributed by atoms with Gasteiger partial charge in [0.1, 0.15) is 10.4 Å². The number of pyridine rings is 1. The van der Waals surface area contributed by atoms with E-state index in [1.54, 1.807) is 12.4 Å². The number of hydrogen-bond acceptors (Lipinski definition) is 4. The van der Waals surface area contributed by atoms with Crippen LogP contribution in [0.4, 0.5) is 10.5 Å². The summed E-state index contributed by atoms with van der Waals surface area (Å²) < 4.78 is 6.33. The summed E-state index contributed by atoms with van der Waals surface area (Å²) in [5.74, 6) is 0. The van der Waals surface area contributed by atoms with Crippen LogP contribution in [-0.2, 0) is 4.74 Å². The van der Waals surface area contributed by atoms with E-state index in [1.807, 2.05) is 24.4 Å². The summed E-state index contributed by atoms with van der Waals surface area (Å²) in [6, 6.07) is 3.48. The Labute approximate surface area is 137 Å². The van der Waals surface area contributed by atoms with Gasteiger partial charge >= 0.3 is 6.03 Å². The summed E-state index contributed by atoms with van der Waals surface area (Å²) >= 11 is 7.48. The van der Waals surface area contributed by atoms with E-state index in [-0.39, 0.29) is 18.2 Å². The molecule has 3 rings (SSSR count). The van der Waals surface area contributed by atoms with Gasteiger partial charge in [-0.25, -0.2) is 4.79 Å². The summed E-state index contributed by atoms with van der Waals surface area (Å²) in [7, 11) is 0. The number of halogens is 1. The number of carbonyl (C=O) groups excluding carboxylic acids is 1. The van der Waals surface area contributed by atoms with Crippen molar-refractivity contribution in [2.24, 2.45) is 0 Å². The lowest BCUT2D eigenvalue weighted by Gasteiger charge is -2.20. The number of nitrogens with zero attached hydrogens (tertiary/aromatic N) is 1. The van der Waals surface area contributed by atoms with Crippen molar-refractivity contribution in [3.05, 3.63) is 45.4 Å². The van der Waals surface area contributed by atoms with Crippen LogP contribution in [0.15, 0.2) is 29.9 Å². The monoisotopic (exact) mass is 337 g/mol. The third-order valence-corrected chi connectivity index (χ3v) is 4.95. The molecule has 1 aliphatic heterocycles. The normalized spacial score (nSPS) is 20.8. The molecule has 0 aromatic carbocycles. The second-order valence-electron chi connectivity index (χ2n) is 5.13. The van der Waals surface area contributed by atoms with Crippen LogP contribution in [-0.4, -0.2) is 23.7 Å². The van der Waals surface area contributed by atoms with Gasteiger partial charge in [0, 0.05) is 19.0 Å². The minimum atomic E-state index is -0.266. The van der Waals surface area contributed by atoms with Crippen LogP contribution in [0.2, 0.25) is 4.34 Å². The highest BCUT2D eigenvalue weighted by Gasteiger charge is 2.31. The van der Waals surface area contributed by atoms with Crippen molar-refractivity contribution in [2.45, 2.75) is 25.5 Å². The van der Waals surface area contributed by atoms with Gasteiger partial charge in [-0.2, -0.15) is 0 Å². The van der Waals surface area contributed by atoms with Crippen molar-refractivity contribution >= 4 is 34.7 Å². The number of nitrogens with one attached hydrogen (secondary N) is 2. The highest BCUT2D eigenvalue weighted by Crippen LogP contribution is 2.33. The molecule has 5 nitrogen and oxygen atoms in total. The third kappa shape index (κ3) is 3.24. The maximum atomic E-state index is 12.2. The lowest BCUT2D eigenvalue weighted by atomic mass is 10.0. The summed E-state index contributed by atoms with van der Waals surface area (Å²) in [5, 5.41) is 7.70. The molecule has 0 unspecified atom stereocenters. The second-order valence-corrected chi connectivity index (χ2v) is 6.61. The number of urea groups is 1. The van der Waals surface area contributed by atoms with Crippen molar-refractivity contribution in [1.82, 2.24) is 10.3 Å². The fourth-order valence-corrected chi connectivity index (χ4v) is 3.56. The molecule has 0 saturated carbocycles. The number of aromatic nitrogens is 1. The van der Waals surface area contributed by atoms with Gasteiger partial charge in [-0.05, 0) is 42.0 Å². The summed E-state index contributed by atoms with van der Waals surface area (Å²) in [4.78, 5) is 16.2. The second kappa shape index (κ2) is 6.64. The molecule has 3 heterocycles. The number of anilines is 1. The van der Waals surface area contributed by atoms with E-state index in [2.05, 4.69) is 15.6 Å². The molecule has 0 bridgehead atoms. The van der Waals surface area contributed by atoms with E-state index < -0.39 is 0 Å². The van der Waals surface area contributed by atoms with Crippen molar-refractivity contribution in [1.29, 1.82) is 0 Å². The van der Waals surface area contributed by atoms with E-state index in [0.717, 1.165) is 17.5 Å². The number of hydrogen-bond donors (Lipinski definition) is 2. The van der Waals surface area contributed by atoms with Crippen LogP contribution >= 0.6 is 22.9 Å². The molecule has 2 atom stereocenters. The van der Waals surface area contributed by atoms with Crippen molar-refractivity contribution in [2.75, 3.05) is 11.9 Å². The average molecular weight is 338 g/mol. The molecule has 1 aliphatic rings. The first kappa shape index (κ1) is 15.3. The topological polar surface area (TPSA) is 63.2 Å². The zero-order valence-electron chi connectivity index (χ0n) is 12.0. The molecular weight excluding hydrogens is 322 g/mol. The van der Waals surface area contributed by atoms with Crippen LogP contribution in [0.25, 0.3) is 0 Å². The Balaban J connectivity index is 1.66. The Morgan fingerprint density at radius 2 is 2.23 bits per heavy atom. The van der Waals surface area contributed by atoms with E-state index in [4.69, 9.17) is 16.3 Å². The quantitative estimate of drug-likeness (QED) is 0.896. The Morgan fingerprint density at radius 3 is 2.91 bits per heavy atom. The van der Waals surface area contributed by atoms with Crippen LogP contribution in [0, 0.1) is 6.92 Å². The highest BCUT2D eigenvalue weighted by atomic mass is 35.5. The molecule has 116 valence electrons. The SMILES string of the molecule is Cc1csc(Cl)c1NC(=O)N[C@@H]1CCO[C@H]1c1ccncc1. The van der Waals surface area contributed by atoms with Gasteiger partial charge in [0.05, 0.1) is 11.7 Å². The van der Waals surface area contributed by atoms with Crippen molar-refractivity contribution in [3.8, 4) is 0 Å². The van der Waals surface area contributed by atoms with E-state index in [1.165, 1.54) is 11.3 Å². The van der Waals surface area contributed by atoms with Crippen molar-refractivity contribution < 1.29 is 9.53 Å². The number of rotatable bonds is 3. The Bertz CT molecular complexity index is 643. The smallest absolute Gasteiger partial charge is 0.319 e. The number of aryl methyl sites for hydroxylation is 1. The standard InChI is InChI=1S/C15H16ClN3O2S/c1-9-8-22-14(16)12(9)19-15(20)18-11-4-7-21-13(11)10-2-5-17-6-3-10/h2-3,5-6,8,11,13H,4,7H2,1H3,(H2,18,19,20)/t11-,13+/m1/s1. The lowest BCUT2D eigenvalue weighted by molar-refractivity contribution is 0.100. The predicted octanol–water partition coefficient (Wildman–Crippen LogP) is 3.76. The molecule has 0 aliphatic carbocycles. The Morgan fingerprint density at radius 1 is 1.45 bits per heavy atom. The fraction of sp³-hybridized carbons (Fsp3) is 0.333. The van der Waals surface area contributed by atoms with E-state index in [0.29, 0.717) is 16.6 Å². The predicted molar refractivity (Wildman–Crippen MR) is 87.6 cm³/mol. The van der Waals surface area contributed by atoms with Gasteiger partial charge in [0.2, 0.25) is 0 Å². The zero-order valence-corrected chi connectivity index (χ0v) is 13.6. The average Bonchev–Trinajstić information content (AvgIpc) is 3.10. The first-order valence-corrected chi connectivity index (χ1v) is 8.23. The maximum absolute atomic E-state index is 12.2. The molecule has 1 saturated heterocycles. The molecule has 2 aromatic rings. The minimum Gasteiger partial charge on any atom is -0.371 e. The molecule has 7 heteroatoms. The molecule has 2 aromatic heterocycles. The molecule has 0 spiro atoms. The zero-order chi connectivity index (χ0) is 15.5. The lowest BCUT2D eigenvalue weighted by Crippen LogP contribution is -2.39. The van der Waals surface area contributed by atoms with Gasteiger partial charge in [0.25, 0.3) is 0 Å². The van der Waals surface area contributed by atoms with Crippen molar-refractivity contribution in [3.63, 3.8) is 0 Å². The van der Waals surface area contributed by atoms with Gasteiger partial charge in [0.15, 0.2) is 0 Å². The largest absolute Gasteiger partial charge is 0.371 e. The molecule has 2 N–H and O–H groups in total. The van der Waals surface area contributed by atoms with Gasteiger partial charge in [-0.1, -0.05) is 11.6 Å². The van der Waals surface area contributed by atoms with Gasteiger partial charge < -0.3 is 15.4 Å². The number of amides is 2. The van der Waals surface area contributed by atoms with Crippen LogP contribution in [0.5, 0.6) is 0 Å².